The molecule has 6 nitrogen and oxygen atoms in total. The Morgan fingerprint density at radius 1 is 1.05 bits per heavy atom. The summed E-state index contributed by atoms with van der Waals surface area (Å²) in [5, 5.41) is 18.0. The summed E-state index contributed by atoms with van der Waals surface area (Å²) in [5.41, 5.74) is 1.34. The van der Waals surface area contributed by atoms with Crippen molar-refractivity contribution >= 4 is 11.9 Å². The van der Waals surface area contributed by atoms with E-state index in [0.29, 0.717) is 17.0 Å². The van der Waals surface area contributed by atoms with Gasteiger partial charge in [0.05, 0.1) is 22.5 Å². The fraction of sp³-hybridized carbons (Fsp3) is 0.0769. The second-order valence-electron chi connectivity index (χ2n) is 3.87. The number of nitrogens with zero attached hydrogens (tertiary/aromatic N) is 2. The number of pyridine rings is 2. The van der Waals surface area contributed by atoms with Gasteiger partial charge >= 0.3 is 11.9 Å². The Morgan fingerprint density at radius 2 is 1.74 bits per heavy atom. The molecule has 2 N–H and O–H groups in total. The zero-order valence-corrected chi connectivity index (χ0v) is 9.99. The standard InChI is InChI=1S/C13H10N2O4/c1-7-9(13(18)19)3-5-15-11(7)10-6-8(12(16)17)2-4-14-10/h2-6H,1H3,(H,16,17)(H,18,19). The average Bonchev–Trinajstić information content (AvgIpc) is 2.38. The van der Waals surface area contributed by atoms with Gasteiger partial charge in [-0.05, 0) is 30.7 Å². The molecule has 0 unspecified atom stereocenters. The van der Waals surface area contributed by atoms with E-state index in [4.69, 9.17) is 10.2 Å². The number of carboxylic acids is 2. The maximum Gasteiger partial charge on any atom is 0.336 e. The number of aromatic carboxylic acids is 2. The van der Waals surface area contributed by atoms with E-state index in [1.165, 1.54) is 30.6 Å². The molecule has 96 valence electrons. The number of hydrogen-bond acceptors (Lipinski definition) is 4. The third kappa shape index (κ3) is 2.42. The van der Waals surface area contributed by atoms with E-state index in [2.05, 4.69) is 9.97 Å². The predicted molar refractivity (Wildman–Crippen MR) is 66.1 cm³/mol. The number of aromatic nitrogens is 2. The third-order valence-electron chi connectivity index (χ3n) is 2.68. The number of hydrogen-bond donors (Lipinski definition) is 2. The van der Waals surface area contributed by atoms with Crippen LogP contribution < -0.4 is 0 Å². The van der Waals surface area contributed by atoms with E-state index in [1.807, 2.05) is 0 Å². The van der Waals surface area contributed by atoms with Crippen LogP contribution in [0.5, 0.6) is 0 Å². The molecule has 0 spiro atoms. The minimum absolute atomic E-state index is 0.0759. The Morgan fingerprint density at radius 3 is 2.37 bits per heavy atom. The van der Waals surface area contributed by atoms with Gasteiger partial charge in [-0.2, -0.15) is 0 Å². The lowest BCUT2D eigenvalue weighted by Gasteiger charge is -2.07. The molecule has 2 aromatic rings. The molecule has 0 saturated heterocycles. The molecule has 0 atom stereocenters. The van der Waals surface area contributed by atoms with Gasteiger partial charge in [-0.25, -0.2) is 9.59 Å². The maximum atomic E-state index is 11.0. The highest BCUT2D eigenvalue weighted by Crippen LogP contribution is 2.22. The summed E-state index contributed by atoms with van der Waals surface area (Å²) in [5.74, 6) is -2.13. The van der Waals surface area contributed by atoms with Crippen molar-refractivity contribution in [3.8, 4) is 11.4 Å². The Kier molecular flexibility index (Phi) is 3.24. The first-order chi connectivity index (χ1) is 9.00. The topological polar surface area (TPSA) is 100 Å². The molecule has 6 heteroatoms. The van der Waals surface area contributed by atoms with Crippen LogP contribution in [0, 0.1) is 6.92 Å². The summed E-state index contributed by atoms with van der Waals surface area (Å²) < 4.78 is 0. The zero-order chi connectivity index (χ0) is 14.0. The Balaban J connectivity index is 2.59. The molecule has 2 aromatic heterocycles. The number of carboxylic acid groups (broad SMARTS) is 2. The van der Waals surface area contributed by atoms with Crippen molar-refractivity contribution in [3.63, 3.8) is 0 Å². The van der Waals surface area contributed by atoms with Crippen LogP contribution in [-0.4, -0.2) is 32.1 Å². The summed E-state index contributed by atoms with van der Waals surface area (Å²) in [6.07, 6.45) is 2.72. The van der Waals surface area contributed by atoms with Crippen LogP contribution in [0.2, 0.25) is 0 Å². The first-order valence-corrected chi connectivity index (χ1v) is 5.39. The molecule has 0 aliphatic carbocycles. The molecular formula is C13H10N2O4. The van der Waals surface area contributed by atoms with Crippen LogP contribution in [0.4, 0.5) is 0 Å². The number of carbonyl (C=O) groups is 2. The highest BCUT2D eigenvalue weighted by molar-refractivity contribution is 5.92. The van der Waals surface area contributed by atoms with Crippen molar-refractivity contribution in [1.29, 1.82) is 0 Å². The largest absolute Gasteiger partial charge is 0.478 e. The Hall–Kier alpha value is -2.76. The minimum atomic E-state index is -1.07. The molecular weight excluding hydrogens is 248 g/mol. The van der Waals surface area contributed by atoms with Crippen LogP contribution in [0.15, 0.2) is 30.6 Å². The monoisotopic (exact) mass is 258 g/mol. The second kappa shape index (κ2) is 4.85. The lowest BCUT2D eigenvalue weighted by atomic mass is 10.0. The van der Waals surface area contributed by atoms with Crippen molar-refractivity contribution in [2.45, 2.75) is 6.92 Å². The fourth-order valence-corrected chi connectivity index (χ4v) is 1.72. The Labute approximate surface area is 108 Å². The Bertz CT molecular complexity index is 667. The highest BCUT2D eigenvalue weighted by atomic mass is 16.4. The van der Waals surface area contributed by atoms with Gasteiger partial charge in [-0.15, -0.1) is 0 Å². The molecule has 0 saturated carbocycles. The average molecular weight is 258 g/mol. The molecule has 0 aromatic carbocycles. The van der Waals surface area contributed by atoms with Gasteiger partial charge in [0, 0.05) is 12.4 Å². The molecule has 0 aliphatic rings. The summed E-state index contributed by atoms with van der Waals surface area (Å²) >= 11 is 0. The molecule has 19 heavy (non-hydrogen) atoms. The van der Waals surface area contributed by atoms with Crippen LogP contribution in [0.1, 0.15) is 26.3 Å². The van der Waals surface area contributed by atoms with Crippen LogP contribution in [0.3, 0.4) is 0 Å². The molecule has 0 aliphatic heterocycles. The molecule has 0 bridgehead atoms. The first kappa shape index (κ1) is 12.7. The second-order valence-corrected chi connectivity index (χ2v) is 3.87. The van der Waals surface area contributed by atoms with Crippen LogP contribution in [0.25, 0.3) is 11.4 Å². The van der Waals surface area contributed by atoms with E-state index in [1.54, 1.807) is 6.92 Å². The quantitative estimate of drug-likeness (QED) is 0.871. The highest BCUT2D eigenvalue weighted by Gasteiger charge is 2.14. The van der Waals surface area contributed by atoms with Crippen molar-refractivity contribution in [3.05, 3.63) is 47.3 Å². The first-order valence-electron chi connectivity index (χ1n) is 5.39. The normalized spacial score (nSPS) is 10.2. The van der Waals surface area contributed by atoms with Gasteiger partial charge in [0.25, 0.3) is 0 Å². The fourth-order valence-electron chi connectivity index (χ4n) is 1.72. The van der Waals surface area contributed by atoms with Gasteiger partial charge in [-0.3, -0.25) is 9.97 Å². The summed E-state index contributed by atoms with van der Waals surface area (Å²) in [6.45, 7) is 1.61. The smallest absolute Gasteiger partial charge is 0.336 e. The van der Waals surface area contributed by atoms with E-state index < -0.39 is 11.9 Å². The van der Waals surface area contributed by atoms with E-state index >= 15 is 0 Å². The van der Waals surface area contributed by atoms with Crippen molar-refractivity contribution in [2.24, 2.45) is 0 Å². The summed E-state index contributed by atoms with van der Waals surface area (Å²) in [4.78, 5) is 30.0. The van der Waals surface area contributed by atoms with Gasteiger partial charge in [0.1, 0.15) is 0 Å². The van der Waals surface area contributed by atoms with Gasteiger partial charge in [-0.1, -0.05) is 0 Å². The molecule has 0 fully saturated rings. The van der Waals surface area contributed by atoms with Gasteiger partial charge in [0.2, 0.25) is 0 Å². The molecule has 2 rings (SSSR count). The molecule has 0 radical (unpaired) electrons. The van der Waals surface area contributed by atoms with Crippen molar-refractivity contribution < 1.29 is 19.8 Å². The van der Waals surface area contributed by atoms with E-state index in [-0.39, 0.29) is 11.1 Å². The lowest BCUT2D eigenvalue weighted by molar-refractivity contribution is 0.0685. The van der Waals surface area contributed by atoms with E-state index in [0.717, 1.165) is 0 Å². The molecule has 2 heterocycles. The summed E-state index contributed by atoms with van der Waals surface area (Å²) in [7, 11) is 0. The van der Waals surface area contributed by atoms with Crippen molar-refractivity contribution in [1.82, 2.24) is 9.97 Å². The molecule has 0 amide bonds. The van der Waals surface area contributed by atoms with Gasteiger partial charge < -0.3 is 10.2 Å². The minimum Gasteiger partial charge on any atom is -0.478 e. The third-order valence-corrected chi connectivity index (χ3v) is 2.68. The number of rotatable bonds is 3. The summed E-state index contributed by atoms with van der Waals surface area (Å²) in [6, 6.07) is 4.12. The van der Waals surface area contributed by atoms with E-state index in [9.17, 15) is 9.59 Å². The maximum absolute atomic E-state index is 11.0. The lowest BCUT2D eigenvalue weighted by Crippen LogP contribution is -2.04. The van der Waals surface area contributed by atoms with Gasteiger partial charge in [0.15, 0.2) is 0 Å². The van der Waals surface area contributed by atoms with Crippen LogP contribution >= 0.6 is 0 Å². The predicted octanol–water partition coefficient (Wildman–Crippen LogP) is 1.85. The van der Waals surface area contributed by atoms with Crippen molar-refractivity contribution in [2.75, 3.05) is 0 Å². The van der Waals surface area contributed by atoms with Crippen LogP contribution in [-0.2, 0) is 0 Å². The SMILES string of the molecule is Cc1c(C(=O)O)ccnc1-c1cc(C(=O)O)ccn1. The zero-order valence-electron chi connectivity index (χ0n) is 9.99.